The number of nitrogens with zero attached hydrogens (tertiary/aromatic N) is 1. The number of hydrogen-bond acceptors (Lipinski definition) is 4. The van der Waals surface area contributed by atoms with Crippen molar-refractivity contribution in [3.8, 4) is 0 Å². The van der Waals surface area contributed by atoms with Gasteiger partial charge in [0.2, 0.25) is 0 Å². The molecule has 0 radical (unpaired) electrons. The Morgan fingerprint density at radius 3 is 3.00 bits per heavy atom. The van der Waals surface area contributed by atoms with Gasteiger partial charge in [-0.1, -0.05) is 6.92 Å². The van der Waals surface area contributed by atoms with Crippen molar-refractivity contribution < 1.29 is 9.21 Å². The maximum Gasteiger partial charge on any atom is 0.200 e. The minimum absolute atomic E-state index is 0.0851. The predicted molar refractivity (Wildman–Crippen MR) is 55.7 cm³/mol. The first-order chi connectivity index (χ1) is 7.24. The van der Waals surface area contributed by atoms with E-state index in [1.165, 1.54) is 0 Å². The molecule has 15 heavy (non-hydrogen) atoms. The molecule has 1 aliphatic rings. The molecule has 4 nitrogen and oxygen atoms in total. The molecule has 1 aromatic heterocycles. The number of fused-ring (bicyclic) bond motifs is 1. The van der Waals surface area contributed by atoms with Crippen LogP contribution in [0.15, 0.2) is 4.42 Å². The topological polar surface area (TPSA) is 69.1 Å². The number of Topliss-reactive ketones (excluding diaryl/α,β-unsaturated/α-hetero) is 1. The van der Waals surface area contributed by atoms with Crippen molar-refractivity contribution >= 4 is 5.78 Å². The van der Waals surface area contributed by atoms with E-state index in [0.29, 0.717) is 30.5 Å². The smallest absolute Gasteiger partial charge is 0.200 e. The van der Waals surface area contributed by atoms with E-state index in [-0.39, 0.29) is 5.78 Å². The minimum atomic E-state index is 0.0851. The van der Waals surface area contributed by atoms with Gasteiger partial charge in [0.25, 0.3) is 0 Å². The Morgan fingerprint density at radius 2 is 2.33 bits per heavy atom. The fraction of sp³-hybridized carbons (Fsp3) is 0.636. The lowest BCUT2D eigenvalue weighted by Crippen LogP contribution is -2.21. The zero-order chi connectivity index (χ0) is 10.8. The average molecular weight is 208 g/mol. The van der Waals surface area contributed by atoms with Gasteiger partial charge in [0.15, 0.2) is 17.4 Å². The summed E-state index contributed by atoms with van der Waals surface area (Å²) in [5.74, 6) is 1.59. The van der Waals surface area contributed by atoms with Gasteiger partial charge in [-0.15, -0.1) is 0 Å². The highest BCUT2D eigenvalue weighted by Gasteiger charge is 2.29. The van der Waals surface area contributed by atoms with Crippen molar-refractivity contribution in [1.82, 2.24) is 4.98 Å². The number of carbonyl (C=O) groups excluding carboxylic acids is 1. The SMILES string of the molecule is CCc1nc2c(o1)C(=O)CC(CCN)C2. The molecule has 1 unspecified atom stereocenters. The molecule has 1 aromatic rings. The third-order valence-electron chi connectivity index (χ3n) is 2.83. The molecule has 0 bridgehead atoms. The van der Waals surface area contributed by atoms with Crippen LogP contribution in [0.2, 0.25) is 0 Å². The Morgan fingerprint density at radius 1 is 1.53 bits per heavy atom. The lowest BCUT2D eigenvalue weighted by molar-refractivity contribution is 0.0915. The van der Waals surface area contributed by atoms with Crippen LogP contribution in [-0.2, 0) is 12.8 Å². The molecule has 0 saturated carbocycles. The largest absolute Gasteiger partial charge is 0.437 e. The molecule has 1 aliphatic carbocycles. The van der Waals surface area contributed by atoms with Gasteiger partial charge < -0.3 is 10.2 Å². The van der Waals surface area contributed by atoms with Gasteiger partial charge in [-0.3, -0.25) is 4.79 Å². The molecule has 4 heteroatoms. The van der Waals surface area contributed by atoms with Gasteiger partial charge in [-0.25, -0.2) is 4.98 Å². The number of hydrogen-bond donors (Lipinski definition) is 1. The van der Waals surface area contributed by atoms with E-state index in [9.17, 15) is 4.79 Å². The van der Waals surface area contributed by atoms with Crippen LogP contribution in [0.3, 0.4) is 0 Å². The van der Waals surface area contributed by atoms with Gasteiger partial charge in [-0.2, -0.15) is 0 Å². The summed E-state index contributed by atoms with van der Waals surface area (Å²) in [5.41, 5.74) is 6.34. The van der Waals surface area contributed by atoms with Crippen LogP contribution in [0, 0.1) is 5.92 Å². The van der Waals surface area contributed by atoms with E-state index >= 15 is 0 Å². The molecular weight excluding hydrogens is 192 g/mol. The highest BCUT2D eigenvalue weighted by atomic mass is 16.4. The first kappa shape index (κ1) is 10.4. The van der Waals surface area contributed by atoms with E-state index in [0.717, 1.165) is 25.0 Å². The van der Waals surface area contributed by atoms with Crippen LogP contribution in [0.1, 0.15) is 41.9 Å². The fourth-order valence-electron chi connectivity index (χ4n) is 2.05. The highest BCUT2D eigenvalue weighted by Crippen LogP contribution is 2.27. The van der Waals surface area contributed by atoms with Crippen molar-refractivity contribution in [2.75, 3.05) is 6.54 Å². The second-order valence-corrected chi connectivity index (χ2v) is 4.01. The Kier molecular flexibility index (Phi) is 2.86. The first-order valence-corrected chi connectivity index (χ1v) is 5.46. The summed E-state index contributed by atoms with van der Waals surface area (Å²) in [5, 5.41) is 0. The molecule has 2 rings (SSSR count). The lowest BCUT2D eigenvalue weighted by Gasteiger charge is -2.17. The third-order valence-corrected chi connectivity index (χ3v) is 2.83. The standard InChI is InChI=1S/C11H16N2O2/c1-2-10-13-8-5-7(3-4-12)6-9(14)11(8)15-10/h7H,2-6,12H2,1H3. The molecule has 0 spiro atoms. The van der Waals surface area contributed by atoms with Crippen molar-refractivity contribution in [3.05, 3.63) is 17.3 Å². The Bertz CT molecular complexity index is 371. The lowest BCUT2D eigenvalue weighted by atomic mass is 9.87. The molecular formula is C11H16N2O2. The Labute approximate surface area is 88.9 Å². The quantitative estimate of drug-likeness (QED) is 0.813. The molecule has 82 valence electrons. The number of ketones is 1. The Hall–Kier alpha value is -1.16. The molecule has 1 atom stereocenters. The summed E-state index contributed by atoms with van der Waals surface area (Å²) < 4.78 is 5.40. The number of nitrogens with two attached hydrogens (primary N) is 1. The van der Waals surface area contributed by atoms with Gasteiger partial charge in [0, 0.05) is 12.8 Å². The predicted octanol–water partition coefficient (Wildman–Crippen LogP) is 1.33. The zero-order valence-electron chi connectivity index (χ0n) is 8.95. The summed E-state index contributed by atoms with van der Waals surface area (Å²) in [7, 11) is 0. The van der Waals surface area contributed by atoms with Crippen molar-refractivity contribution in [2.45, 2.75) is 32.6 Å². The molecule has 0 aliphatic heterocycles. The molecule has 2 N–H and O–H groups in total. The third kappa shape index (κ3) is 1.95. The second-order valence-electron chi connectivity index (χ2n) is 4.01. The second kappa shape index (κ2) is 4.14. The maximum absolute atomic E-state index is 11.7. The summed E-state index contributed by atoms with van der Waals surface area (Å²) in [6.45, 7) is 2.60. The van der Waals surface area contributed by atoms with Crippen molar-refractivity contribution in [3.63, 3.8) is 0 Å². The van der Waals surface area contributed by atoms with E-state index in [2.05, 4.69) is 4.98 Å². The van der Waals surface area contributed by atoms with Crippen LogP contribution < -0.4 is 5.73 Å². The normalized spacial score (nSPS) is 20.4. The summed E-state index contributed by atoms with van der Waals surface area (Å²) in [6.07, 6.45) is 3.02. The van der Waals surface area contributed by atoms with Crippen LogP contribution in [0.4, 0.5) is 0 Å². The van der Waals surface area contributed by atoms with E-state index in [1.54, 1.807) is 0 Å². The zero-order valence-corrected chi connectivity index (χ0v) is 8.95. The first-order valence-electron chi connectivity index (χ1n) is 5.46. The van der Waals surface area contributed by atoms with Crippen molar-refractivity contribution in [1.29, 1.82) is 0 Å². The van der Waals surface area contributed by atoms with Crippen molar-refractivity contribution in [2.24, 2.45) is 11.7 Å². The molecule has 0 aromatic carbocycles. The van der Waals surface area contributed by atoms with Crippen LogP contribution >= 0.6 is 0 Å². The summed E-state index contributed by atoms with van der Waals surface area (Å²) in [6, 6.07) is 0. The monoisotopic (exact) mass is 208 g/mol. The number of oxazole rings is 1. The number of carbonyl (C=O) groups is 1. The average Bonchev–Trinajstić information content (AvgIpc) is 2.62. The number of aromatic nitrogens is 1. The van der Waals surface area contributed by atoms with Gasteiger partial charge in [0.1, 0.15) is 0 Å². The van der Waals surface area contributed by atoms with E-state index in [1.807, 2.05) is 6.92 Å². The van der Waals surface area contributed by atoms with Crippen LogP contribution in [0.5, 0.6) is 0 Å². The molecule has 0 fully saturated rings. The molecule has 0 amide bonds. The summed E-state index contributed by atoms with van der Waals surface area (Å²) >= 11 is 0. The fourth-order valence-corrected chi connectivity index (χ4v) is 2.05. The number of rotatable bonds is 3. The van der Waals surface area contributed by atoms with Crippen LogP contribution in [-0.4, -0.2) is 17.3 Å². The highest BCUT2D eigenvalue weighted by molar-refractivity contribution is 5.95. The van der Waals surface area contributed by atoms with Gasteiger partial charge in [0.05, 0.1) is 5.69 Å². The summed E-state index contributed by atoms with van der Waals surface area (Å²) in [4.78, 5) is 16.0. The maximum atomic E-state index is 11.7. The number of aryl methyl sites for hydroxylation is 1. The van der Waals surface area contributed by atoms with Gasteiger partial charge >= 0.3 is 0 Å². The van der Waals surface area contributed by atoms with Crippen LogP contribution in [0.25, 0.3) is 0 Å². The molecule has 1 heterocycles. The molecule has 0 saturated heterocycles. The minimum Gasteiger partial charge on any atom is -0.437 e. The van der Waals surface area contributed by atoms with Gasteiger partial charge in [-0.05, 0) is 25.3 Å². The van der Waals surface area contributed by atoms with E-state index in [4.69, 9.17) is 10.2 Å². The van der Waals surface area contributed by atoms with E-state index < -0.39 is 0 Å². The Balaban J connectivity index is 2.23.